The van der Waals surface area contributed by atoms with Crippen LogP contribution >= 0.6 is 0 Å². The Morgan fingerprint density at radius 1 is 1.40 bits per heavy atom. The van der Waals surface area contributed by atoms with E-state index in [1.54, 1.807) is 18.0 Å². The summed E-state index contributed by atoms with van der Waals surface area (Å²) in [7, 11) is 0. The summed E-state index contributed by atoms with van der Waals surface area (Å²) in [6.07, 6.45) is 1.69. The molecule has 1 fully saturated rings. The smallest absolute Gasteiger partial charge is 0.317 e. The molecule has 2 heterocycles. The molecular weight excluding hydrogens is 258 g/mol. The van der Waals surface area contributed by atoms with Gasteiger partial charge in [-0.1, -0.05) is 13.0 Å². The topological polar surface area (TPSA) is 82.5 Å². The number of likely N-dealkylation sites (tertiary alicyclic amines) is 1. The van der Waals surface area contributed by atoms with Gasteiger partial charge in [0.25, 0.3) is 0 Å². The van der Waals surface area contributed by atoms with E-state index in [0.717, 1.165) is 5.69 Å². The third kappa shape index (κ3) is 3.07. The van der Waals surface area contributed by atoms with Crippen molar-refractivity contribution in [1.82, 2.24) is 15.2 Å². The number of carbonyl (C=O) groups excluding carboxylic acids is 1. The number of aromatic nitrogens is 1. The molecule has 0 bridgehead atoms. The summed E-state index contributed by atoms with van der Waals surface area (Å²) in [5.74, 6) is -1.17. The van der Waals surface area contributed by atoms with Crippen molar-refractivity contribution in [1.29, 1.82) is 0 Å². The maximum atomic E-state index is 12.0. The van der Waals surface area contributed by atoms with Crippen LogP contribution in [0.25, 0.3) is 0 Å². The average Bonchev–Trinajstić information content (AvgIpc) is 2.37. The number of pyridine rings is 1. The predicted molar refractivity (Wildman–Crippen MR) is 73.0 cm³/mol. The van der Waals surface area contributed by atoms with Gasteiger partial charge in [0.1, 0.15) is 0 Å². The average molecular weight is 277 g/mol. The van der Waals surface area contributed by atoms with Crippen molar-refractivity contribution in [2.24, 2.45) is 11.8 Å². The molecule has 1 aliphatic rings. The zero-order valence-electron chi connectivity index (χ0n) is 11.6. The van der Waals surface area contributed by atoms with Gasteiger partial charge < -0.3 is 15.3 Å². The fourth-order valence-corrected chi connectivity index (χ4v) is 2.18. The number of hydrogen-bond acceptors (Lipinski definition) is 3. The number of nitrogens with zero attached hydrogens (tertiary/aromatic N) is 2. The van der Waals surface area contributed by atoms with Crippen molar-refractivity contribution >= 4 is 12.0 Å². The molecule has 2 N–H and O–H groups in total. The van der Waals surface area contributed by atoms with E-state index in [9.17, 15) is 9.59 Å². The minimum atomic E-state index is -0.808. The van der Waals surface area contributed by atoms with E-state index >= 15 is 0 Å². The minimum Gasteiger partial charge on any atom is -0.481 e. The summed E-state index contributed by atoms with van der Waals surface area (Å²) in [5, 5.41) is 11.8. The van der Waals surface area contributed by atoms with Crippen LogP contribution in [-0.4, -0.2) is 40.1 Å². The van der Waals surface area contributed by atoms with Crippen LogP contribution in [0.15, 0.2) is 24.4 Å². The van der Waals surface area contributed by atoms with Crippen LogP contribution in [0, 0.1) is 11.8 Å². The van der Waals surface area contributed by atoms with E-state index in [-0.39, 0.29) is 18.0 Å². The van der Waals surface area contributed by atoms with E-state index in [4.69, 9.17) is 5.11 Å². The maximum Gasteiger partial charge on any atom is 0.317 e. The molecule has 6 heteroatoms. The van der Waals surface area contributed by atoms with Gasteiger partial charge in [0.05, 0.1) is 17.7 Å². The van der Waals surface area contributed by atoms with Crippen LogP contribution in [0.1, 0.15) is 25.6 Å². The lowest BCUT2D eigenvalue weighted by molar-refractivity contribution is -0.144. The van der Waals surface area contributed by atoms with Gasteiger partial charge in [-0.2, -0.15) is 0 Å². The normalized spacial score (nSPS) is 18.0. The third-order valence-electron chi connectivity index (χ3n) is 3.77. The Hall–Kier alpha value is -2.11. The highest BCUT2D eigenvalue weighted by Crippen LogP contribution is 2.24. The van der Waals surface area contributed by atoms with Gasteiger partial charge in [0.15, 0.2) is 0 Å². The molecule has 1 aliphatic heterocycles. The van der Waals surface area contributed by atoms with E-state index in [0.29, 0.717) is 13.1 Å². The monoisotopic (exact) mass is 277 g/mol. The number of nitrogens with one attached hydrogen (secondary N) is 1. The lowest BCUT2D eigenvalue weighted by atomic mass is 9.87. The van der Waals surface area contributed by atoms with Gasteiger partial charge >= 0.3 is 12.0 Å². The molecule has 1 saturated heterocycles. The van der Waals surface area contributed by atoms with Gasteiger partial charge in [0, 0.05) is 25.2 Å². The van der Waals surface area contributed by atoms with E-state index in [2.05, 4.69) is 10.3 Å². The summed E-state index contributed by atoms with van der Waals surface area (Å²) < 4.78 is 0. The van der Waals surface area contributed by atoms with Gasteiger partial charge in [0.2, 0.25) is 0 Å². The highest BCUT2D eigenvalue weighted by atomic mass is 16.4. The number of rotatable bonds is 4. The second-order valence-electron chi connectivity index (χ2n) is 5.22. The van der Waals surface area contributed by atoms with Crippen molar-refractivity contribution < 1.29 is 14.7 Å². The third-order valence-corrected chi connectivity index (χ3v) is 3.77. The number of carboxylic acids is 1. The Bertz CT molecular complexity index is 486. The summed E-state index contributed by atoms with van der Waals surface area (Å²) in [5.41, 5.74) is 0.803. The first-order valence-corrected chi connectivity index (χ1v) is 6.68. The Kier molecular flexibility index (Phi) is 4.22. The first-order valence-electron chi connectivity index (χ1n) is 6.68. The molecule has 2 unspecified atom stereocenters. The molecular formula is C14H19N3O3. The van der Waals surface area contributed by atoms with Gasteiger partial charge in [-0.05, 0) is 19.1 Å². The Morgan fingerprint density at radius 3 is 2.65 bits per heavy atom. The summed E-state index contributed by atoms with van der Waals surface area (Å²) in [6.45, 7) is 4.54. The van der Waals surface area contributed by atoms with Crippen LogP contribution in [-0.2, 0) is 4.79 Å². The highest BCUT2D eigenvalue weighted by Gasteiger charge is 2.37. The first-order chi connectivity index (χ1) is 9.49. The number of carboxylic acid groups (broad SMARTS) is 1. The lowest BCUT2D eigenvalue weighted by Gasteiger charge is -2.41. The molecule has 20 heavy (non-hydrogen) atoms. The van der Waals surface area contributed by atoms with Crippen LogP contribution in [0.5, 0.6) is 0 Å². The first kappa shape index (κ1) is 14.3. The number of aliphatic carboxylic acids is 1. The zero-order valence-corrected chi connectivity index (χ0v) is 11.6. The molecule has 0 aliphatic carbocycles. The molecule has 2 atom stereocenters. The van der Waals surface area contributed by atoms with E-state index < -0.39 is 11.9 Å². The molecule has 108 valence electrons. The minimum absolute atomic E-state index is 0.0448. The van der Waals surface area contributed by atoms with Crippen molar-refractivity contribution in [3.8, 4) is 0 Å². The molecule has 2 amide bonds. The molecule has 2 rings (SSSR count). The van der Waals surface area contributed by atoms with Crippen molar-refractivity contribution in [2.45, 2.75) is 19.9 Å². The molecule has 0 saturated carbocycles. The number of hydrogen-bond donors (Lipinski definition) is 2. The molecule has 1 aromatic rings. The summed E-state index contributed by atoms with van der Waals surface area (Å²) in [6, 6.07) is 5.22. The van der Waals surface area contributed by atoms with Crippen molar-refractivity contribution in [3.05, 3.63) is 30.1 Å². The highest BCUT2D eigenvalue weighted by molar-refractivity contribution is 5.76. The number of amides is 2. The largest absolute Gasteiger partial charge is 0.481 e. The van der Waals surface area contributed by atoms with E-state index in [1.165, 1.54) is 0 Å². The Morgan fingerprint density at radius 2 is 2.10 bits per heavy atom. The Labute approximate surface area is 117 Å². The van der Waals surface area contributed by atoms with Gasteiger partial charge in [-0.15, -0.1) is 0 Å². The summed E-state index contributed by atoms with van der Waals surface area (Å²) >= 11 is 0. The van der Waals surface area contributed by atoms with Crippen LogP contribution in [0.4, 0.5) is 4.79 Å². The van der Waals surface area contributed by atoms with Crippen LogP contribution in [0.2, 0.25) is 0 Å². The second kappa shape index (κ2) is 5.90. The van der Waals surface area contributed by atoms with E-state index in [1.807, 2.05) is 25.1 Å². The lowest BCUT2D eigenvalue weighted by Crippen LogP contribution is -2.56. The fourth-order valence-electron chi connectivity index (χ4n) is 2.18. The standard InChI is InChI=1S/C14H19N3O3/c1-9(13(18)19)11-7-17(8-11)14(20)16-10(2)12-5-3-4-6-15-12/h3-6,9-11H,7-8H2,1-2H3,(H,16,20)(H,18,19). The maximum absolute atomic E-state index is 12.0. The van der Waals surface area contributed by atoms with Gasteiger partial charge in [-0.25, -0.2) is 4.79 Å². The molecule has 6 nitrogen and oxygen atoms in total. The number of carbonyl (C=O) groups is 2. The summed E-state index contributed by atoms with van der Waals surface area (Å²) in [4.78, 5) is 28.7. The molecule has 0 spiro atoms. The Balaban J connectivity index is 1.81. The van der Waals surface area contributed by atoms with Crippen molar-refractivity contribution in [3.63, 3.8) is 0 Å². The van der Waals surface area contributed by atoms with Crippen molar-refractivity contribution in [2.75, 3.05) is 13.1 Å². The van der Waals surface area contributed by atoms with Crippen LogP contribution < -0.4 is 5.32 Å². The molecule has 0 aromatic carbocycles. The quantitative estimate of drug-likeness (QED) is 0.873. The molecule has 0 radical (unpaired) electrons. The molecule has 1 aromatic heterocycles. The predicted octanol–water partition coefficient (Wildman–Crippen LogP) is 1.50. The van der Waals surface area contributed by atoms with Gasteiger partial charge in [-0.3, -0.25) is 9.78 Å². The zero-order chi connectivity index (χ0) is 14.7. The fraction of sp³-hybridized carbons (Fsp3) is 0.500. The van der Waals surface area contributed by atoms with Crippen LogP contribution in [0.3, 0.4) is 0 Å². The second-order valence-corrected chi connectivity index (χ2v) is 5.22. The number of urea groups is 1. The SMILES string of the molecule is CC(NC(=O)N1CC(C(C)C(=O)O)C1)c1ccccn1.